The topological polar surface area (TPSA) is 139 Å². The first-order chi connectivity index (χ1) is 21.2. The molecule has 1 aromatic heterocycles. The number of ether oxygens (including phenoxy) is 1. The Morgan fingerprint density at radius 1 is 0.870 bits per heavy atom. The Bertz CT molecular complexity index is 1610. The van der Waals surface area contributed by atoms with E-state index in [0.717, 1.165) is 47.0 Å². The highest BCUT2D eigenvalue weighted by Gasteiger charge is 2.55. The number of nitro benzene ring substituents is 1. The van der Waals surface area contributed by atoms with Gasteiger partial charge in [0.05, 0.1) is 18.1 Å². The van der Waals surface area contributed by atoms with Gasteiger partial charge in [-0.15, -0.1) is 11.3 Å². The second-order valence-electron chi connectivity index (χ2n) is 12.0. The van der Waals surface area contributed by atoms with Crippen LogP contribution in [0.4, 0.5) is 14.5 Å². The molecule has 3 rings (SSSR count). The first-order valence-electron chi connectivity index (χ1n) is 13.9. The number of carbonyl (C=O) groups is 3. The van der Waals surface area contributed by atoms with Crippen molar-refractivity contribution in [2.75, 3.05) is 24.7 Å². The Morgan fingerprint density at radius 3 is 1.87 bits per heavy atom. The normalized spacial score (nSPS) is 12.7. The summed E-state index contributed by atoms with van der Waals surface area (Å²) in [6.07, 6.45) is 0. The minimum absolute atomic E-state index is 0.0411. The molecule has 46 heavy (non-hydrogen) atoms. The van der Waals surface area contributed by atoms with Crippen LogP contribution in [0.3, 0.4) is 0 Å². The molecule has 1 heterocycles. The molecule has 0 spiro atoms. The lowest BCUT2D eigenvalue weighted by Gasteiger charge is -2.27. The van der Waals surface area contributed by atoms with Crippen LogP contribution in [-0.4, -0.2) is 45.8 Å². The van der Waals surface area contributed by atoms with Crippen molar-refractivity contribution in [3.8, 4) is 5.75 Å². The van der Waals surface area contributed by atoms with E-state index in [9.17, 15) is 29.1 Å². The van der Waals surface area contributed by atoms with Crippen LogP contribution in [-0.2, 0) is 28.9 Å². The van der Waals surface area contributed by atoms with E-state index in [1.165, 1.54) is 36.4 Å². The van der Waals surface area contributed by atoms with Gasteiger partial charge in [-0.25, -0.2) is 4.79 Å². The van der Waals surface area contributed by atoms with Crippen molar-refractivity contribution >= 4 is 74.4 Å². The zero-order valence-corrected chi connectivity index (χ0v) is 29.3. The predicted molar refractivity (Wildman–Crippen MR) is 177 cm³/mol. The molecule has 0 saturated heterocycles. The van der Waals surface area contributed by atoms with Crippen LogP contribution in [0.2, 0.25) is 0 Å². The van der Waals surface area contributed by atoms with Crippen molar-refractivity contribution in [3.05, 3.63) is 69.1 Å². The number of alkyl halides is 2. The van der Waals surface area contributed by atoms with Gasteiger partial charge >= 0.3 is 19.2 Å². The lowest BCUT2D eigenvalue weighted by atomic mass is 9.99. The molecule has 0 fully saturated rings. The number of nitro groups is 1. The zero-order chi connectivity index (χ0) is 34.5. The van der Waals surface area contributed by atoms with Crippen LogP contribution in [0.5, 0.6) is 5.75 Å². The number of rotatable bonds is 13. The SMILES string of the molecule is CC(C)(C)C(=O)SCCOP(=O)(OCCSC(=O)C(C)(C)C)C(F)(F)c1ccc2sc(C(=O)Oc3ccc([N+](=O)[O-])cc3)cc2c1. The second-order valence-corrected chi connectivity index (χ2v) is 17.3. The maximum atomic E-state index is 16.0. The van der Waals surface area contributed by atoms with Crippen molar-refractivity contribution in [3.63, 3.8) is 0 Å². The highest BCUT2D eigenvalue weighted by molar-refractivity contribution is 8.14. The number of esters is 1. The van der Waals surface area contributed by atoms with E-state index in [1.807, 2.05) is 0 Å². The Hall–Kier alpha value is -2.68. The number of non-ortho nitro benzene ring substituents is 1. The van der Waals surface area contributed by atoms with Crippen LogP contribution >= 0.6 is 42.5 Å². The Kier molecular flexibility index (Phi) is 12.3. The maximum Gasteiger partial charge on any atom is 0.404 e. The molecule has 0 unspecified atom stereocenters. The van der Waals surface area contributed by atoms with Gasteiger partial charge in [0.25, 0.3) is 5.69 Å². The molecule has 0 aliphatic carbocycles. The molecular weight excluding hydrogens is 683 g/mol. The number of fused-ring (bicyclic) bond motifs is 1. The van der Waals surface area contributed by atoms with Crippen molar-refractivity contribution in [1.82, 2.24) is 0 Å². The summed E-state index contributed by atoms with van der Waals surface area (Å²) in [5, 5.41) is 10.7. The van der Waals surface area contributed by atoms with Gasteiger partial charge in [0.2, 0.25) is 0 Å². The number of carbonyl (C=O) groups excluding carboxylic acids is 3. The summed E-state index contributed by atoms with van der Waals surface area (Å²) in [5.41, 5.74) is -6.36. The second kappa shape index (κ2) is 15.0. The fourth-order valence-corrected chi connectivity index (χ4v) is 7.75. The van der Waals surface area contributed by atoms with Gasteiger partial charge in [0, 0.05) is 44.7 Å². The number of halogens is 2. The quantitative estimate of drug-likeness (QED) is 0.0418. The predicted octanol–water partition coefficient (Wildman–Crippen LogP) is 8.92. The Balaban J connectivity index is 1.81. The number of nitrogens with zero attached hydrogens (tertiary/aromatic N) is 1. The molecule has 10 nitrogen and oxygen atoms in total. The summed E-state index contributed by atoms with van der Waals surface area (Å²) in [4.78, 5) is 47.5. The average Bonchev–Trinajstić information content (AvgIpc) is 3.40. The van der Waals surface area contributed by atoms with E-state index < -0.39 is 53.8 Å². The fourth-order valence-electron chi connectivity index (χ4n) is 3.50. The van der Waals surface area contributed by atoms with Crippen LogP contribution in [0.25, 0.3) is 10.1 Å². The molecule has 0 atom stereocenters. The number of thiophene rings is 1. The molecule has 0 N–H and O–H groups in total. The van der Waals surface area contributed by atoms with Crippen LogP contribution in [0.15, 0.2) is 48.5 Å². The lowest BCUT2D eigenvalue weighted by Crippen LogP contribution is -2.21. The number of thioether (sulfide) groups is 2. The van der Waals surface area contributed by atoms with Gasteiger partial charge in [0.1, 0.15) is 10.6 Å². The first kappa shape index (κ1) is 37.8. The van der Waals surface area contributed by atoms with Gasteiger partial charge in [-0.3, -0.25) is 24.3 Å². The molecule has 0 amide bonds. The van der Waals surface area contributed by atoms with E-state index in [4.69, 9.17) is 13.8 Å². The fraction of sp³-hybridized carbons (Fsp3) is 0.433. The van der Waals surface area contributed by atoms with Crippen molar-refractivity contribution in [2.45, 2.75) is 47.2 Å². The summed E-state index contributed by atoms with van der Waals surface area (Å²) in [6.45, 7) is 9.34. The molecule has 16 heteroatoms. The van der Waals surface area contributed by atoms with Crippen molar-refractivity contribution < 1.29 is 46.4 Å². The van der Waals surface area contributed by atoms with E-state index in [2.05, 4.69) is 0 Å². The summed E-state index contributed by atoms with van der Waals surface area (Å²) in [6, 6.07) is 9.67. The third kappa shape index (κ3) is 9.68. The van der Waals surface area contributed by atoms with Gasteiger partial charge in [-0.05, 0) is 35.7 Å². The van der Waals surface area contributed by atoms with Crippen molar-refractivity contribution in [1.29, 1.82) is 0 Å². The summed E-state index contributed by atoms with van der Waals surface area (Å²) >= 11 is 2.71. The molecule has 0 aliphatic heterocycles. The molecule has 3 aromatic rings. The monoisotopic (exact) mass is 717 g/mol. The van der Waals surface area contributed by atoms with Crippen LogP contribution < -0.4 is 4.74 Å². The van der Waals surface area contributed by atoms with Gasteiger partial charge in [0.15, 0.2) is 10.2 Å². The average molecular weight is 718 g/mol. The highest BCUT2D eigenvalue weighted by Crippen LogP contribution is 2.67. The highest BCUT2D eigenvalue weighted by atomic mass is 32.2. The van der Waals surface area contributed by atoms with E-state index >= 15 is 8.78 Å². The third-order valence-corrected chi connectivity index (χ3v) is 11.6. The molecule has 0 radical (unpaired) electrons. The zero-order valence-electron chi connectivity index (χ0n) is 26.0. The molecule has 0 bridgehead atoms. The smallest absolute Gasteiger partial charge is 0.404 e. The van der Waals surface area contributed by atoms with Gasteiger partial charge in [-0.1, -0.05) is 71.1 Å². The molecule has 0 saturated carbocycles. The third-order valence-electron chi connectivity index (χ3n) is 6.05. The van der Waals surface area contributed by atoms with E-state index in [1.54, 1.807) is 41.5 Å². The lowest BCUT2D eigenvalue weighted by molar-refractivity contribution is -0.384. The Morgan fingerprint density at radius 2 is 1.39 bits per heavy atom. The van der Waals surface area contributed by atoms with Gasteiger partial charge in [-0.2, -0.15) is 8.78 Å². The minimum Gasteiger partial charge on any atom is -0.422 e. The van der Waals surface area contributed by atoms with E-state index in [-0.39, 0.29) is 43.4 Å². The summed E-state index contributed by atoms with van der Waals surface area (Å²) in [7, 11) is -5.21. The van der Waals surface area contributed by atoms with Crippen LogP contribution in [0, 0.1) is 20.9 Å². The molecule has 0 aliphatic rings. The molecule has 250 valence electrons. The standard InChI is InChI=1S/C30H34F2NO9PS3/c1-28(2,3)26(35)44-15-13-40-43(39,41-14-16-45-27(36)29(4,5)6)30(31,32)20-7-12-23-19(17-20)18-24(46-23)25(34)42-22-10-8-21(9-11-22)33(37)38/h7-12,17-18H,13-16H2,1-6H3. The summed E-state index contributed by atoms with van der Waals surface area (Å²) in [5.74, 6) is -0.827. The summed E-state index contributed by atoms with van der Waals surface area (Å²) < 4.78 is 62.0. The Labute approximate surface area is 277 Å². The largest absolute Gasteiger partial charge is 0.422 e. The van der Waals surface area contributed by atoms with Crippen LogP contribution in [0.1, 0.15) is 56.8 Å². The number of hydrogen-bond acceptors (Lipinski definition) is 12. The van der Waals surface area contributed by atoms with Crippen molar-refractivity contribution in [2.24, 2.45) is 10.8 Å². The maximum absolute atomic E-state index is 16.0. The molecular formula is C30H34F2NO9PS3. The minimum atomic E-state index is -5.21. The number of hydrogen-bond donors (Lipinski definition) is 0. The molecule has 2 aromatic carbocycles. The first-order valence-corrected chi connectivity index (χ1v) is 18.2. The van der Waals surface area contributed by atoms with E-state index in [0.29, 0.717) is 4.70 Å². The number of benzene rings is 2. The van der Waals surface area contributed by atoms with Gasteiger partial charge < -0.3 is 13.8 Å².